The third-order valence-electron chi connectivity index (χ3n) is 10.6. The number of allylic oxidation sites excluding steroid dienone is 1. The number of hydrogen-bond donors (Lipinski definition) is 2. The Morgan fingerprint density at radius 3 is 2.50 bits per heavy atom. The van der Waals surface area contributed by atoms with Crippen LogP contribution in [0.3, 0.4) is 0 Å². The van der Waals surface area contributed by atoms with Gasteiger partial charge >= 0.3 is 0 Å². The van der Waals surface area contributed by atoms with E-state index >= 15 is 0 Å². The van der Waals surface area contributed by atoms with E-state index in [1.165, 1.54) is 25.7 Å². The molecule has 3 fully saturated rings. The molecule has 9 atom stereocenters. The molecular weight excluding hydrogens is 452 g/mol. The smallest absolute Gasteiger partial charge is 0.218 e. The molecule has 0 aliphatic heterocycles. The topological polar surface area (TPSA) is 107 Å². The van der Waals surface area contributed by atoms with Crippen LogP contribution in [-0.4, -0.2) is 42.0 Å². The molecule has 0 aromatic heterocycles. The van der Waals surface area contributed by atoms with Crippen LogP contribution in [0.1, 0.15) is 91.9 Å². The maximum absolute atomic E-state index is 11.2. The third-order valence-corrected chi connectivity index (χ3v) is 11.1. The van der Waals surface area contributed by atoms with E-state index in [2.05, 4.69) is 33.8 Å². The summed E-state index contributed by atoms with van der Waals surface area (Å²) in [5, 5.41) is 21.3. The first-order valence-electron chi connectivity index (χ1n) is 13.5. The highest BCUT2D eigenvalue weighted by Gasteiger charge is 2.60. The zero-order valence-corrected chi connectivity index (χ0v) is 22.2. The van der Waals surface area contributed by atoms with Crippen molar-refractivity contribution in [3.05, 3.63) is 11.6 Å². The molecule has 0 unspecified atom stereocenters. The number of aliphatic hydroxyl groups is 2. The molecule has 0 aromatic carbocycles. The van der Waals surface area contributed by atoms with Gasteiger partial charge in [0.15, 0.2) is 0 Å². The van der Waals surface area contributed by atoms with E-state index in [-0.39, 0.29) is 17.4 Å². The highest BCUT2D eigenvalue weighted by molar-refractivity contribution is 7.80. The van der Waals surface area contributed by atoms with Gasteiger partial charge in [0.1, 0.15) is 12.2 Å². The van der Waals surface area contributed by atoms with E-state index in [1.807, 2.05) is 0 Å². The summed E-state index contributed by atoms with van der Waals surface area (Å²) in [7, 11) is -4.84. The van der Waals surface area contributed by atoms with Gasteiger partial charge < -0.3 is 14.8 Å². The van der Waals surface area contributed by atoms with Crippen LogP contribution in [0.4, 0.5) is 0 Å². The summed E-state index contributed by atoms with van der Waals surface area (Å²) in [5.41, 5.74) is 0.958. The molecule has 6 nitrogen and oxygen atoms in total. The molecular formula is C27H45O6S-. The van der Waals surface area contributed by atoms with Crippen LogP contribution >= 0.6 is 0 Å². The lowest BCUT2D eigenvalue weighted by atomic mass is 9.46. The quantitative estimate of drug-likeness (QED) is 0.283. The molecule has 0 aromatic rings. The fourth-order valence-corrected chi connectivity index (χ4v) is 9.49. The average Bonchev–Trinajstić information content (AvgIpc) is 3.09. The fourth-order valence-electron chi connectivity index (χ4n) is 8.98. The number of aliphatic hydroxyl groups excluding tert-OH is 2. The van der Waals surface area contributed by atoms with Crippen LogP contribution in [0.15, 0.2) is 11.6 Å². The van der Waals surface area contributed by atoms with Crippen molar-refractivity contribution in [2.24, 2.45) is 46.3 Å². The minimum atomic E-state index is -4.84. The van der Waals surface area contributed by atoms with Crippen molar-refractivity contribution in [2.75, 3.05) is 6.61 Å². The molecule has 0 saturated heterocycles. The summed E-state index contributed by atoms with van der Waals surface area (Å²) in [4.78, 5) is 0. The minimum absolute atomic E-state index is 0.179. The normalized spacial score (nSPS) is 43.1. The highest BCUT2D eigenvalue weighted by atomic mass is 32.3. The van der Waals surface area contributed by atoms with Gasteiger partial charge in [0.2, 0.25) is 10.4 Å². The number of rotatable bonds is 8. The molecule has 4 aliphatic carbocycles. The van der Waals surface area contributed by atoms with Gasteiger partial charge in [-0.25, -0.2) is 8.42 Å². The second-order valence-electron chi connectivity index (χ2n) is 12.7. The van der Waals surface area contributed by atoms with Crippen molar-refractivity contribution in [1.82, 2.24) is 0 Å². The first-order chi connectivity index (χ1) is 15.9. The highest BCUT2D eigenvalue weighted by Crippen LogP contribution is 2.67. The third kappa shape index (κ3) is 4.77. The standard InChI is InChI=1S/C27H46O6S/c1-17(2)6-5-7-18(16-28)20-10-11-21-19-8-9-23-25(29)24(33-34(30,31)32)13-15-27(23,4)22(19)12-14-26(20,21)3/h9,17-22,24-25,28-29H,5-8,10-16H2,1-4H3,(H,30,31,32)/p-1/t18-,19-,20+,21-,22-,24+,25+,26+,27+/m0/s1. The van der Waals surface area contributed by atoms with E-state index in [9.17, 15) is 23.2 Å². The van der Waals surface area contributed by atoms with E-state index in [0.717, 1.165) is 37.7 Å². The zero-order valence-electron chi connectivity index (χ0n) is 21.4. The van der Waals surface area contributed by atoms with Crippen molar-refractivity contribution < 1.29 is 27.4 Å². The molecule has 0 amide bonds. The van der Waals surface area contributed by atoms with Gasteiger partial charge in [-0.05, 0) is 103 Å². The summed E-state index contributed by atoms with van der Waals surface area (Å²) in [6.45, 7) is 9.54. The largest absolute Gasteiger partial charge is 0.726 e. The molecule has 4 aliphatic rings. The Morgan fingerprint density at radius 1 is 1.12 bits per heavy atom. The lowest BCUT2D eigenvalue weighted by Crippen LogP contribution is -2.54. The summed E-state index contributed by atoms with van der Waals surface area (Å²) in [6, 6.07) is 0. The second kappa shape index (κ2) is 9.77. The summed E-state index contributed by atoms with van der Waals surface area (Å²) >= 11 is 0. The van der Waals surface area contributed by atoms with Gasteiger partial charge in [-0.3, -0.25) is 4.18 Å². The molecule has 7 heteroatoms. The molecule has 3 saturated carbocycles. The Balaban J connectivity index is 1.52. The van der Waals surface area contributed by atoms with Crippen molar-refractivity contribution in [2.45, 2.75) is 104 Å². The monoisotopic (exact) mass is 497 g/mol. The maximum atomic E-state index is 11.2. The van der Waals surface area contributed by atoms with Gasteiger partial charge in [0, 0.05) is 6.61 Å². The van der Waals surface area contributed by atoms with Crippen LogP contribution in [0, 0.1) is 46.3 Å². The number of fused-ring (bicyclic) bond motifs is 5. The Hall–Kier alpha value is -0.470. The van der Waals surface area contributed by atoms with E-state index in [0.29, 0.717) is 41.9 Å². The maximum Gasteiger partial charge on any atom is 0.218 e. The summed E-state index contributed by atoms with van der Waals surface area (Å²) < 4.78 is 38.2. The molecule has 0 spiro atoms. The van der Waals surface area contributed by atoms with Crippen molar-refractivity contribution in [1.29, 1.82) is 0 Å². The molecule has 4 rings (SSSR count). The lowest BCUT2D eigenvalue weighted by Gasteiger charge is -2.59. The van der Waals surface area contributed by atoms with Crippen molar-refractivity contribution >= 4 is 10.4 Å². The Kier molecular flexibility index (Phi) is 7.64. The van der Waals surface area contributed by atoms with Gasteiger partial charge in [-0.2, -0.15) is 0 Å². The van der Waals surface area contributed by atoms with Crippen LogP contribution in [0.5, 0.6) is 0 Å². The van der Waals surface area contributed by atoms with Gasteiger partial charge in [0.05, 0.1) is 0 Å². The van der Waals surface area contributed by atoms with E-state index < -0.39 is 22.6 Å². The van der Waals surface area contributed by atoms with Crippen LogP contribution in [0.25, 0.3) is 0 Å². The first kappa shape index (κ1) is 26.6. The van der Waals surface area contributed by atoms with Gasteiger partial charge in [0.25, 0.3) is 0 Å². The van der Waals surface area contributed by atoms with Crippen LogP contribution < -0.4 is 0 Å². The van der Waals surface area contributed by atoms with Crippen molar-refractivity contribution in [3.63, 3.8) is 0 Å². The van der Waals surface area contributed by atoms with Gasteiger partial charge in [-0.15, -0.1) is 0 Å². The Labute approximate surface area is 206 Å². The number of hydrogen-bond acceptors (Lipinski definition) is 6. The van der Waals surface area contributed by atoms with Crippen molar-refractivity contribution in [3.8, 4) is 0 Å². The second-order valence-corrected chi connectivity index (χ2v) is 13.7. The fraction of sp³-hybridized carbons (Fsp3) is 0.926. The molecule has 0 heterocycles. The molecule has 0 radical (unpaired) electrons. The Morgan fingerprint density at radius 2 is 1.85 bits per heavy atom. The Bertz CT molecular complexity index is 868. The molecule has 196 valence electrons. The predicted octanol–water partition coefficient (Wildman–Crippen LogP) is 4.82. The average molecular weight is 498 g/mol. The minimum Gasteiger partial charge on any atom is -0.726 e. The van der Waals surface area contributed by atoms with E-state index in [4.69, 9.17) is 4.18 Å². The molecule has 2 N–H and O–H groups in total. The molecule has 34 heavy (non-hydrogen) atoms. The van der Waals surface area contributed by atoms with Gasteiger partial charge in [-0.1, -0.05) is 46.6 Å². The van der Waals surface area contributed by atoms with E-state index in [1.54, 1.807) is 0 Å². The summed E-state index contributed by atoms with van der Waals surface area (Å²) in [6.07, 6.45) is 10.3. The first-order valence-corrected chi connectivity index (χ1v) is 14.9. The zero-order chi connectivity index (χ0) is 24.9. The summed E-state index contributed by atoms with van der Waals surface area (Å²) in [5.74, 6) is 3.30. The van der Waals surface area contributed by atoms with Crippen LogP contribution in [-0.2, 0) is 14.6 Å². The SMILES string of the molecule is CC(C)CCC[C@@H](CO)[C@H]1CC[C@H]2[C@@H]3CC=C4[C@@H](O)[C@H](OS(=O)(=O)[O-])CC[C@]4(C)[C@H]3CC[C@]12C. The van der Waals surface area contributed by atoms with Crippen LogP contribution in [0.2, 0.25) is 0 Å². The predicted molar refractivity (Wildman–Crippen MR) is 130 cm³/mol. The lowest BCUT2D eigenvalue weighted by molar-refractivity contribution is -0.0794. The molecule has 0 bridgehead atoms.